The van der Waals surface area contributed by atoms with E-state index in [0.29, 0.717) is 28.5 Å². The maximum Gasteiger partial charge on any atom is 0.334 e. The third-order valence-corrected chi connectivity index (χ3v) is 6.83. The lowest BCUT2D eigenvalue weighted by atomic mass is 9.87. The van der Waals surface area contributed by atoms with Gasteiger partial charge in [-0.15, -0.1) is 0 Å². The molecule has 0 radical (unpaired) electrons. The average Bonchev–Trinajstić information content (AvgIpc) is 3.16. The molecule has 0 bridgehead atoms. The average molecular weight is 617 g/mol. The Morgan fingerprint density at radius 2 is 1.41 bits per heavy atom. The molecule has 0 saturated carbocycles. The number of hydrogen-bond donors (Lipinski definition) is 1. The highest BCUT2D eigenvalue weighted by atomic mass is 16.6. The van der Waals surface area contributed by atoms with Gasteiger partial charge in [-0.1, -0.05) is 52.0 Å². The molecule has 1 saturated heterocycles. The molecule has 44 heavy (non-hydrogen) atoms. The minimum absolute atomic E-state index is 0.0528. The predicted octanol–water partition coefficient (Wildman–Crippen LogP) is 6.16. The summed E-state index contributed by atoms with van der Waals surface area (Å²) < 4.78 is 22.1. The van der Waals surface area contributed by atoms with Gasteiger partial charge in [0, 0.05) is 18.4 Å². The Bertz CT molecular complexity index is 1140. The Kier molecular flexibility index (Phi) is 12.8. The minimum Gasteiger partial charge on any atom is -0.461 e. The lowest BCUT2D eigenvalue weighted by Crippen LogP contribution is -2.39. The van der Waals surface area contributed by atoms with Crippen molar-refractivity contribution in [1.82, 2.24) is 0 Å². The van der Waals surface area contributed by atoms with Gasteiger partial charge in [-0.05, 0) is 89.3 Å². The first-order chi connectivity index (χ1) is 20.2. The Balaban J connectivity index is 2.18. The van der Waals surface area contributed by atoms with Crippen molar-refractivity contribution in [3.8, 4) is 0 Å². The maximum absolute atomic E-state index is 13.0. The number of esters is 4. The molecule has 1 aromatic carbocycles. The van der Waals surface area contributed by atoms with Crippen LogP contribution in [0, 0.1) is 17.8 Å². The molecule has 1 aliphatic rings. The second-order valence-corrected chi connectivity index (χ2v) is 14.7. The van der Waals surface area contributed by atoms with Crippen molar-refractivity contribution in [3.05, 3.63) is 41.0 Å². The third-order valence-electron chi connectivity index (χ3n) is 6.83. The van der Waals surface area contributed by atoms with Crippen LogP contribution in [0.2, 0.25) is 0 Å². The van der Waals surface area contributed by atoms with Crippen LogP contribution in [-0.4, -0.2) is 59.0 Å². The van der Waals surface area contributed by atoms with Crippen LogP contribution in [0.3, 0.4) is 0 Å². The van der Waals surface area contributed by atoms with E-state index in [1.165, 1.54) is 0 Å². The van der Waals surface area contributed by atoms with E-state index in [1.807, 2.05) is 0 Å². The molecular formula is C35H52O9. The molecule has 1 heterocycles. The lowest BCUT2D eigenvalue weighted by Gasteiger charge is -2.26. The van der Waals surface area contributed by atoms with Gasteiger partial charge in [0.25, 0.3) is 0 Å². The van der Waals surface area contributed by atoms with Crippen molar-refractivity contribution in [2.45, 2.75) is 118 Å². The van der Waals surface area contributed by atoms with E-state index in [0.717, 1.165) is 12.8 Å². The van der Waals surface area contributed by atoms with Crippen LogP contribution < -0.4 is 0 Å². The molecule has 0 aliphatic carbocycles. The van der Waals surface area contributed by atoms with Crippen LogP contribution in [0.25, 0.3) is 6.08 Å². The van der Waals surface area contributed by atoms with Crippen molar-refractivity contribution in [3.63, 3.8) is 0 Å². The first kappa shape index (κ1) is 37.0. The van der Waals surface area contributed by atoms with Gasteiger partial charge in [0.1, 0.15) is 17.8 Å². The number of cyclic esters (lactones) is 1. The van der Waals surface area contributed by atoms with E-state index < -0.39 is 47.2 Å². The molecule has 1 aliphatic heterocycles. The molecule has 0 aromatic heterocycles. The fourth-order valence-electron chi connectivity index (χ4n) is 5.22. The molecule has 1 unspecified atom stereocenters. The summed E-state index contributed by atoms with van der Waals surface area (Å²) >= 11 is 0. The SMILES string of the molecule is CC(C)CC(CC(=O)OCC1(CO)C/C(=C\c2ccc(C(C(=O)OC(C)(C)C)C(=O)OC(C)(C)C)cc2)C(=O)O1)CC(C)C. The zero-order valence-corrected chi connectivity index (χ0v) is 28.2. The van der Waals surface area contributed by atoms with E-state index in [4.69, 9.17) is 18.9 Å². The Morgan fingerprint density at radius 3 is 1.84 bits per heavy atom. The molecule has 1 fully saturated rings. The quantitative estimate of drug-likeness (QED) is 0.120. The smallest absolute Gasteiger partial charge is 0.334 e. The van der Waals surface area contributed by atoms with Crippen LogP contribution in [0.4, 0.5) is 0 Å². The second kappa shape index (κ2) is 15.2. The molecule has 246 valence electrons. The summed E-state index contributed by atoms with van der Waals surface area (Å²) in [6, 6.07) is 6.55. The normalized spacial score (nSPS) is 18.3. The summed E-state index contributed by atoms with van der Waals surface area (Å²) in [7, 11) is 0. The fraction of sp³-hybridized carbons (Fsp3) is 0.657. The molecule has 9 heteroatoms. The molecule has 9 nitrogen and oxygen atoms in total. The molecule has 1 atom stereocenters. The number of carbonyl (C=O) groups excluding carboxylic acids is 4. The number of carbonyl (C=O) groups is 4. The molecule has 0 spiro atoms. The lowest BCUT2D eigenvalue weighted by molar-refractivity contribution is -0.169. The maximum atomic E-state index is 13.0. The van der Waals surface area contributed by atoms with Gasteiger partial charge in [-0.3, -0.25) is 14.4 Å². The predicted molar refractivity (Wildman–Crippen MR) is 167 cm³/mol. The Morgan fingerprint density at radius 1 is 0.909 bits per heavy atom. The summed E-state index contributed by atoms with van der Waals surface area (Å²) in [5.41, 5.74) is -1.67. The zero-order valence-electron chi connectivity index (χ0n) is 28.2. The molecule has 1 N–H and O–H groups in total. The van der Waals surface area contributed by atoms with E-state index in [1.54, 1.807) is 71.9 Å². The monoisotopic (exact) mass is 616 g/mol. The number of benzene rings is 1. The van der Waals surface area contributed by atoms with Crippen LogP contribution in [-0.2, 0) is 38.1 Å². The van der Waals surface area contributed by atoms with Gasteiger partial charge in [-0.25, -0.2) is 4.79 Å². The van der Waals surface area contributed by atoms with E-state index >= 15 is 0 Å². The van der Waals surface area contributed by atoms with Crippen LogP contribution >= 0.6 is 0 Å². The number of hydrogen-bond acceptors (Lipinski definition) is 9. The third kappa shape index (κ3) is 12.1. The largest absolute Gasteiger partial charge is 0.461 e. The second-order valence-electron chi connectivity index (χ2n) is 14.7. The van der Waals surface area contributed by atoms with Gasteiger partial charge >= 0.3 is 23.9 Å². The highest BCUT2D eigenvalue weighted by molar-refractivity contribution is 6.01. The van der Waals surface area contributed by atoms with Crippen molar-refractivity contribution < 1.29 is 43.2 Å². The zero-order chi connectivity index (χ0) is 33.5. The molecule has 2 rings (SSSR count). The van der Waals surface area contributed by atoms with Gasteiger partial charge in [-0.2, -0.15) is 0 Å². The Hall–Kier alpha value is -3.20. The highest BCUT2D eigenvalue weighted by Gasteiger charge is 2.45. The standard InChI is InChI=1S/C35H52O9/c1-22(2)15-25(16-23(3)4)18-28(37)41-21-35(20-36)19-27(30(38)44-35)17-24-11-13-26(14-12-24)29(31(39)42-33(5,6)7)32(40)43-34(8,9)10/h11-14,17,22-23,25,29,36H,15-16,18-21H2,1-10H3/b27-17+. The van der Waals surface area contributed by atoms with Crippen molar-refractivity contribution >= 4 is 30.0 Å². The van der Waals surface area contributed by atoms with Crippen LogP contribution in [0.15, 0.2) is 29.8 Å². The van der Waals surface area contributed by atoms with E-state index in [9.17, 15) is 24.3 Å². The van der Waals surface area contributed by atoms with Crippen molar-refractivity contribution in [2.75, 3.05) is 13.2 Å². The number of aliphatic hydroxyl groups is 1. The minimum atomic E-state index is -1.36. The Labute approximate surface area is 262 Å². The summed E-state index contributed by atoms with van der Waals surface area (Å²) in [4.78, 5) is 51.5. The van der Waals surface area contributed by atoms with Gasteiger partial charge in [0.15, 0.2) is 11.5 Å². The molecule has 1 aromatic rings. The summed E-state index contributed by atoms with van der Waals surface area (Å²) in [6.45, 7) is 18.1. The number of ether oxygens (including phenoxy) is 4. The fourth-order valence-corrected chi connectivity index (χ4v) is 5.22. The first-order valence-electron chi connectivity index (χ1n) is 15.5. The van der Waals surface area contributed by atoms with Crippen molar-refractivity contribution in [2.24, 2.45) is 17.8 Å². The van der Waals surface area contributed by atoms with E-state index in [-0.39, 0.29) is 31.3 Å². The first-order valence-corrected chi connectivity index (χ1v) is 15.5. The van der Waals surface area contributed by atoms with Crippen molar-refractivity contribution in [1.29, 1.82) is 0 Å². The number of aliphatic hydroxyl groups excluding tert-OH is 1. The summed E-state index contributed by atoms with van der Waals surface area (Å²) in [5, 5.41) is 10.1. The van der Waals surface area contributed by atoms with Crippen LogP contribution in [0.1, 0.15) is 112 Å². The summed E-state index contributed by atoms with van der Waals surface area (Å²) in [6.07, 6.45) is 3.76. The summed E-state index contributed by atoms with van der Waals surface area (Å²) in [5.74, 6) is -2.62. The van der Waals surface area contributed by atoms with Gasteiger partial charge in [0.05, 0.1) is 6.61 Å². The van der Waals surface area contributed by atoms with Gasteiger partial charge < -0.3 is 24.1 Å². The van der Waals surface area contributed by atoms with Gasteiger partial charge in [0.2, 0.25) is 0 Å². The topological polar surface area (TPSA) is 125 Å². The van der Waals surface area contributed by atoms with Crippen LogP contribution in [0.5, 0.6) is 0 Å². The van der Waals surface area contributed by atoms with E-state index in [2.05, 4.69) is 27.7 Å². The highest BCUT2D eigenvalue weighted by Crippen LogP contribution is 2.33. The molecular weight excluding hydrogens is 564 g/mol. The molecule has 0 amide bonds. The number of rotatable bonds is 13.